The number of likely N-dealkylation sites (N-methyl/N-ethyl adjacent to an activating group) is 2. The molecule has 0 saturated carbocycles. The van der Waals surface area contributed by atoms with Crippen LogP contribution in [-0.2, 0) is 10.9 Å². The number of amides is 1. The molecule has 1 fully saturated rings. The number of aryl methyl sites for hydroxylation is 1. The number of alkyl halides is 3. The van der Waals surface area contributed by atoms with Gasteiger partial charge >= 0.3 is 6.18 Å². The number of aliphatic imine (C=N–C) groups is 4. The molecular formula is C33H44F3N9O2. The molecule has 2 heterocycles. The molecule has 2 aliphatic rings. The van der Waals surface area contributed by atoms with Crippen molar-refractivity contribution in [3.05, 3.63) is 53.1 Å². The fraction of sp³-hybridized carbons (Fsp3) is 0.485. The molecule has 0 radical (unpaired) electrons. The molecule has 1 amide bonds. The highest BCUT2D eigenvalue weighted by Crippen LogP contribution is 2.35. The standard InChI is InChI=1S/C33H44F3N9O2/c1-7-44-10-12-45(13-11-44)28-18-26(33(34,35)36)17-27(19-28)42-31(46)25-9-8-22(2)29(16-25)41-24(4)38-21-39-30-20-37-32(40-23(30)3)43(5)14-15-47-6/h8-9,16-21,23-24,41H,7,10-15H2,1-6H3,(H,42,46)/b38-21-,39-30-. The summed E-state index contributed by atoms with van der Waals surface area (Å²) in [6.07, 6.45) is -1.83. The number of rotatable bonds is 11. The van der Waals surface area contributed by atoms with Gasteiger partial charge in [0, 0.05) is 69.5 Å². The largest absolute Gasteiger partial charge is 0.416 e. The molecule has 0 aromatic heterocycles. The number of nitrogens with one attached hydrogen (secondary N) is 2. The van der Waals surface area contributed by atoms with E-state index in [4.69, 9.17) is 4.74 Å². The van der Waals surface area contributed by atoms with Gasteiger partial charge in [0.25, 0.3) is 5.91 Å². The van der Waals surface area contributed by atoms with Gasteiger partial charge in [-0.05, 0) is 63.2 Å². The minimum atomic E-state index is -4.55. The highest BCUT2D eigenvalue weighted by Gasteiger charge is 2.32. The number of methoxy groups -OCH3 is 1. The molecule has 4 rings (SSSR count). The third-order valence-electron chi connectivity index (χ3n) is 8.07. The van der Waals surface area contributed by atoms with Crippen molar-refractivity contribution in [1.82, 2.24) is 9.80 Å². The maximum Gasteiger partial charge on any atom is 0.416 e. The van der Waals surface area contributed by atoms with Gasteiger partial charge in [-0.15, -0.1) is 0 Å². The fourth-order valence-corrected chi connectivity index (χ4v) is 5.11. The Kier molecular flexibility index (Phi) is 12.1. The van der Waals surface area contributed by atoms with Crippen LogP contribution >= 0.6 is 0 Å². The Hall–Kier alpha value is -4.30. The summed E-state index contributed by atoms with van der Waals surface area (Å²) in [7, 11) is 3.55. The summed E-state index contributed by atoms with van der Waals surface area (Å²) < 4.78 is 46.6. The van der Waals surface area contributed by atoms with Crippen LogP contribution in [0.25, 0.3) is 0 Å². The zero-order chi connectivity index (χ0) is 34.1. The van der Waals surface area contributed by atoms with E-state index < -0.39 is 23.8 Å². The van der Waals surface area contributed by atoms with Crippen molar-refractivity contribution in [2.75, 3.05) is 75.6 Å². The van der Waals surface area contributed by atoms with Gasteiger partial charge in [-0.2, -0.15) is 13.2 Å². The van der Waals surface area contributed by atoms with E-state index in [0.717, 1.165) is 37.3 Å². The van der Waals surface area contributed by atoms with Gasteiger partial charge in [0.2, 0.25) is 5.96 Å². The molecule has 2 aromatic rings. The molecule has 1 saturated heterocycles. The monoisotopic (exact) mass is 655 g/mol. The number of carbonyl (C=O) groups is 1. The van der Waals surface area contributed by atoms with Crippen molar-refractivity contribution < 1.29 is 22.7 Å². The maximum absolute atomic E-state index is 13.8. The lowest BCUT2D eigenvalue weighted by Crippen LogP contribution is -2.46. The van der Waals surface area contributed by atoms with Crippen molar-refractivity contribution in [3.63, 3.8) is 0 Å². The van der Waals surface area contributed by atoms with Crippen LogP contribution in [-0.4, -0.2) is 112 Å². The average Bonchev–Trinajstić information content (AvgIpc) is 3.04. The van der Waals surface area contributed by atoms with Crippen molar-refractivity contribution in [2.24, 2.45) is 20.0 Å². The Morgan fingerprint density at radius 1 is 1.19 bits per heavy atom. The predicted molar refractivity (Wildman–Crippen MR) is 184 cm³/mol. The summed E-state index contributed by atoms with van der Waals surface area (Å²) in [5, 5.41) is 5.94. The van der Waals surface area contributed by atoms with Crippen LogP contribution in [0.3, 0.4) is 0 Å². The van der Waals surface area contributed by atoms with E-state index in [2.05, 4.69) is 42.4 Å². The zero-order valence-corrected chi connectivity index (χ0v) is 27.8. The number of halogens is 3. The smallest absolute Gasteiger partial charge is 0.383 e. The Bertz CT molecular complexity index is 1520. The predicted octanol–water partition coefficient (Wildman–Crippen LogP) is 5.04. The average molecular weight is 656 g/mol. The van der Waals surface area contributed by atoms with Crippen LogP contribution < -0.4 is 15.5 Å². The minimum absolute atomic E-state index is 0.0865. The Morgan fingerprint density at radius 3 is 2.60 bits per heavy atom. The molecule has 0 aliphatic carbocycles. The first kappa shape index (κ1) is 35.6. The van der Waals surface area contributed by atoms with Gasteiger partial charge in [-0.25, -0.2) is 20.0 Å². The summed E-state index contributed by atoms with van der Waals surface area (Å²) >= 11 is 0. The quantitative estimate of drug-likeness (QED) is 0.259. The maximum atomic E-state index is 13.8. The number of anilines is 3. The van der Waals surface area contributed by atoms with Crippen molar-refractivity contribution in [1.29, 1.82) is 0 Å². The topological polar surface area (TPSA) is 110 Å². The molecule has 0 bridgehead atoms. The fourth-order valence-electron chi connectivity index (χ4n) is 5.11. The molecule has 0 spiro atoms. The van der Waals surface area contributed by atoms with E-state index in [9.17, 15) is 18.0 Å². The van der Waals surface area contributed by atoms with E-state index in [1.165, 1.54) is 6.34 Å². The van der Waals surface area contributed by atoms with Crippen molar-refractivity contribution in [2.45, 2.75) is 46.1 Å². The van der Waals surface area contributed by atoms with Crippen LogP contribution in [0, 0.1) is 6.92 Å². The molecule has 47 heavy (non-hydrogen) atoms. The lowest BCUT2D eigenvalue weighted by molar-refractivity contribution is -0.137. The molecular weight excluding hydrogens is 611 g/mol. The molecule has 2 unspecified atom stereocenters. The highest BCUT2D eigenvalue weighted by molar-refractivity contribution is 6.37. The number of carbonyl (C=O) groups excluding carboxylic acids is 1. The Morgan fingerprint density at radius 2 is 1.94 bits per heavy atom. The number of hydrogen-bond donors (Lipinski definition) is 2. The van der Waals surface area contributed by atoms with E-state index in [1.807, 2.05) is 37.6 Å². The van der Waals surface area contributed by atoms with Crippen LogP contribution in [0.15, 0.2) is 56.4 Å². The first-order chi connectivity index (χ1) is 22.4. The van der Waals surface area contributed by atoms with Gasteiger partial charge in [0.05, 0.1) is 30.1 Å². The van der Waals surface area contributed by atoms with Crippen LogP contribution in [0.5, 0.6) is 0 Å². The number of piperazine rings is 1. The van der Waals surface area contributed by atoms with Crippen molar-refractivity contribution >= 4 is 47.2 Å². The number of benzene rings is 2. The zero-order valence-electron chi connectivity index (χ0n) is 27.8. The van der Waals surface area contributed by atoms with Gasteiger partial charge in [-0.1, -0.05) is 13.0 Å². The van der Waals surface area contributed by atoms with Crippen LogP contribution in [0.4, 0.5) is 30.2 Å². The molecule has 11 nitrogen and oxygen atoms in total. The Balaban J connectivity index is 1.42. The third kappa shape index (κ3) is 9.85. The minimum Gasteiger partial charge on any atom is -0.383 e. The number of ether oxygens (including phenoxy) is 1. The molecule has 2 aromatic carbocycles. The second-order valence-electron chi connectivity index (χ2n) is 11.6. The highest BCUT2D eigenvalue weighted by atomic mass is 19.4. The summed E-state index contributed by atoms with van der Waals surface area (Å²) in [6, 6.07) is 8.60. The van der Waals surface area contributed by atoms with E-state index in [-0.39, 0.29) is 11.7 Å². The first-order valence-corrected chi connectivity index (χ1v) is 15.7. The van der Waals surface area contributed by atoms with Gasteiger partial charge < -0.3 is 30.1 Å². The summed E-state index contributed by atoms with van der Waals surface area (Å²) in [4.78, 5) is 37.2. The van der Waals surface area contributed by atoms with Crippen LogP contribution in [0.2, 0.25) is 0 Å². The Labute approximate surface area is 274 Å². The third-order valence-corrected chi connectivity index (χ3v) is 8.07. The van der Waals surface area contributed by atoms with Crippen LogP contribution in [0.1, 0.15) is 42.3 Å². The molecule has 254 valence electrons. The number of hydrogen-bond acceptors (Lipinski definition) is 9. The van der Waals surface area contributed by atoms with Gasteiger partial charge in [-0.3, -0.25) is 4.79 Å². The number of guanidine groups is 1. The molecule has 14 heteroatoms. The van der Waals surface area contributed by atoms with Gasteiger partial charge in [0.15, 0.2) is 0 Å². The van der Waals surface area contributed by atoms with E-state index in [1.54, 1.807) is 37.6 Å². The molecule has 2 N–H and O–H groups in total. The lowest BCUT2D eigenvalue weighted by atomic mass is 10.1. The first-order valence-electron chi connectivity index (χ1n) is 15.7. The molecule has 2 atom stereocenters. The molecule has 2 aliphatic heterocycles. The number of nitrogens with zero attached hydrogens (tertiary/aromatic N) is 7. The van der Waals surface area contributed by atoms with Crippen molar-refractivity contribution in [3.8, 4) is 0 Å². The second-order valence-corrected chi connectivity index (χ2v) is 11.6. The van der Waals surface area contributed by atoms with Gasteiger partial charge in [0.1, 0.15) is 12.5 Å². The lowest BCUT2D eigenvalue weighted by Gasteiger charge is -2.36. The summed E-state index contributed by atoms with van der Waals surface area (Å²) in [5.41, 5.74) is 2.21. The summed E-state index contributed by atoms with van der Waals surface area (Å²) in [5.74, 6) is 0.0916. The van der Waals surface area contributed by atoms with E-state index >= 15 is 0 Å². The summed E-state index contributed by atoms with van der Waals surface area (Å²) in [6.45, 7) is 12.6. The van der Waals surface area contributed by atoms with E-state index in [0.29, 0.717) is 54.9 Å². The normalized spacial score (nSPS) is 18.8. The second kappa shape index (κ2) is 16.0. The SMILES string of the molecule is CCN1CCN(c2cc(NC(=O)c3ccc(C)c(NC(C)/N=C\N=C4\C=NC(N(C)CCOC)=NC4C)c3)cc(C(F)(F)F)c2)CC1.